The third kappa shape index (κ3) is 7.61. The van der Waals surface area contributed by atoms with Crippen molar-refractivity contribution in [3.05, 3.63) is 46.6 Å². The number of carbonyl (C=O) groups is 1. The number of aromatic nitrogens is 3. The van der Waals surface area contributed by atoms with Gasteiger partial charge in [-0.05, 0) is 58.0 Å². The monoisotopic (exact) mass is 641 g/mol. The molecule has 0 spiro atoms. The molecule has 44 heavy (non-hydrogen) atoms. The van der Waals surface area contributed by atoms with Crippen LogP contribution in [-0.4, -0.2) is 81.1 Å². The van der Waals surface area contributed by atoms with E-state index in [0.717, 1.165) is 42.9 Å². The van der Waals surface area contributed by atoms with Crippen LogP contribution in [-0.2, 0) is 17.5 Å². The van der Waals surface area contributed by atoms with Gasteiger partial charge in [0.2, 0.25) is 5.82 Å². The Morgan fingerprint density at radius 2 is 1.95 bits per heavy atom. The van der Waals surface area contributed by atoms with E-state index in [1.54, 1.807) is 4.90 Å². The minimum Gasteiger partial charge on any atom is -0.481 e. The van der Waals surface area contributed by atoms with E-state index in [1.165, 1.54) is 6.33 Å². The summed E-state index contributed by atoms with van der Waals surface area (Å²) in [6, 6.07) is 2.63. The lowest BCUT2D eigenvalue weighted by Gasteiger charge is -2.24. The van der Waals surface area contributed by atoms with E-state index in [9.17, 15) is 22.4 Å². The quantitative estimate of drug-likeness (QED) is 0.249. The Bertz CT molecular complexity index is 1470. The standard InChI is InChI=1S/C28H32F5N7O2S.CH4/c1-16-4-3-7-39(16)14-21-24(17-10-18(28(31,32)33)12-19(29)11-17)36-27(43-21)37-25-23(30)26(35-15-34-25)40-9-5-20(13-40)38(2)8-6-22(41)42;/h10-12,15-16,20H,3-9,13-14H2,1-2H3,(H,41,42)(H,34,35,36,37);1H4/t16-,20+;/m1./s1. The molecule has 3 aromatic rings. The van der Waals surface area contributed by atoms with Gasteiger partial charge in [-0.15, -0.1) is 0 Å². The van der Waals surface area contributed by atoms with Gasteiger partial charge < -0.3 is 20.2 Å². The van der Waals surface area contributed by atoms with Crippen LogP contribution >= 0.6 is 11.3 Å². The van der Waals surface area contributed by atoms with Crippen molar-refractivity contribution in [1.29, 1.82) is 0 Å². The number of alkyl halides is 3. The van der Waals surface area contributed by atoms with Gasteiger partial charge in [-0.25, -0.2) is 19.3 Å². The molecule has 0 unspecified atom stereocenters. The van der Waals surface area contributed by atoms with Crippen molar-refractivity contribution in [2.24, 2.45) is 0 Å². The number of hydrogen-bond acceptors (Lipinski definition) is 9. The predicted octanol–water partition coefficient (Wildman–Crippen LogP) is 6.25. The lowest BCUT2D eigenvalue weighted by molar-refractivity contribution is -0.138. The molecule has 0 saturated carbocycles. The molecule has 9 nitrogen and oxygen atoms in total. The van der Waals surface area contributed by atoms with Crippen LogP contribution in [0, 0.1) is 11.6 Å². The van der Waals surface area contributed by atoms with E-state index < -0.39 is 29.3 Å². The second kappa shape index (κ2) is 13.7. The molecule has 240 valence electrons. The summed E-state index contributed by atoms with van der Waals surface area (Å²) in [5.74, 6) is -2.70. The minimum absolute atomic E-state index is 0. The maximum Gasteiger partial charge on any atom is 0.416 e. The highest BCUT2D eigenvalue weighted by Crippen LogP contribution is 2.39. The zero-order chi connectivity index (χ0) is 30.9. The summed E-state index contributed by atoms with van der Waals surface area (Å²) in [6.45, 7) is 4.61. The number of halogens is 5. The first-order valence-corrected chi connectivity index (χ1v) is 14.8. The smallest absolute Gasteiger partial charge is 0.416 e. The number of anilines is 3. The van der Waals surface area contributed by atoms with Crippen molar-refractivity contribution >= 4 is 34.1 Å². The van der Waals surface area contributed by atoms with Gasteiger partial charge in [-0.2, -0.15) is 17.6 Å². The van der Waals surface area contributed by atoms with Gasteiger partial charge in [0.05, 0.1) is 17.7 Å². The van der Waals surface area contributed by atoms with Crippen LogP contribution in [0.25, 0.3) is 11.3 Å². The average Bonchev–Trinajstić information content (AvgIpc) is 3.69. The van der Waals surface area contributed by atoms with Crippen LogP contribution in [0.15, 0.2) is 24.5 Å². The number of carboxylic acid groups (broad SMARTS) is 1. The Labute approximate surface area is 256 Å². The maximum absolute atomic E-state index is 15.7. The lowest BCUT2D eigenvalue weighted by Crippen LogP contribution is -2.36. The molecule has 2 aliphatic heterocycles. The van der Waals surface area contributed by atoms with Crippen LogP contribution < -0.4 is 10.2 Å². The first kappa shape index (κ1) is 33.5. The van der Waals surface area contributed by atoms with Crippen molar-refractivity contribution in [3.8, 4) is 11.3 Å². The third-order valence-corrected chi connectivity index (χ3v) is 8.95. The Balaban J connectivity index is 0.00000442. The van der Waals surface area contributed by atoms with Gasteiger partial charge in [0.1, 0.15) is 12.1 Å². The molecular formula is C29H36F5N7O2S. The number of likely N-dealkylation sites (tertiary alicyclic amines) is 1. The molecule has 2 N–H and O–H groups in total. The van der Waals surface area contributed by atoms with Gasteiger partial charge in [-0.3, -0.25) is 9.69 Å². The highest BCUT2D eigenvalue weighted by atomic mass is 32.1. The molecule has 2 aromatic heterocycles. The number of nitrogens with one attached hydrogen (secondary N) is 1. The van der Waals surface area contributed by atoms with E-state index in [1.807, 2.05) is 11.9 Å². The summed E-state index contributed by atoms with van der Waals surface area (Å²) in [4.78, 5) is 30.1. The van der Waals surface area contributed by atoms with E-state index in [0.29, 0.717) is 43.5 Å². The van der Waals surface area contributed by atoms with Gasteiger partial charge in [0.25, 0.3) is 0 Å². The molecule has 4 heterocycles. The lowest BCUT2D eigenvalue weighted by atomic mass is 10.1. The fraction of sp³-hybridized carbons (Fsp3) is 0.517. The summed E-state index contributed by atoms with van der Waals surface area (Å²) >= 11 is 1.15. The molecular weight excluding hydrogens is 605 g/mol. The van der Waals surface area contributed by atoms with Gasteiger partial charge in [-0.1, -0.05) is 18.8 Å². The second-order valence-electron chi connectivity index (χ2n) is 11.0. The highest BCUT2D eigenvalue weighted by molar-refractivity contribution is 7.16. The van der Waals surface area contributed by atoms with E-state index in [4.69, 9.17) is 5.11 Å². The molecule has 0 amide bonds. The fourth-order valence-electron chi connectivity index (χ4n) is 5.56. The maximum atomic E-state index is 15.7. The molecule has 15 heteroatoms. The Hall–Kier alpha value is -3.43. The minimum atomic E-state index is -4.74. The van der Waals surface area contributed by atoms with Crippen LogP contribution in [0.2, 0.25) is 0 Å². The SMILES string of the molecule is C.C[C@@H]1CCCN1Cc1sc(Nc2ncnc(N3CC[C@H](N(C)CCC(=O)O)C3)c2F)nc1-c1cc(F)cc(C(F)(F)F)c1. The van der Waals surface area contributed by atoms with Crippen LogP contribution in [0.5, 0.6) is 0 Å². The fourth-order valence-corrected chi connectivity index (χ4v) is 6.57. The molecule has 5 rings (SSSR count). The third-order valence-electron chi connectivity index (χ3n) is 7.99. The Morgan fingerprint density at radius 1 is 1.18 bits per heavy atom. The number of benzene rings is 1. The molecule has 2 aliphatic rings. The van der Waals surface area contributed by atoms with Crippen molar-refractivity contribution in [2.75, 3.05) is 43.4 Å². The predicted molar refractivity (Wildman–Crippen MR) is 159 cm³/mol. The molecule has 2 fully saturated rings. The van der Waals surface area contributed by atoms with Crippen molar-refractivity contribution in [1.82, 2.24) is 24.8 Å². The molecule has 0 radical (unpaired) electrons. The molecule has 2 atom stereocenters. The van der Waals surface area contributed by atoms with Crippen molar-refractivity contribution < 1.29 is 31.9 Å². The number of aliphatic carboxylic acids is 1. The number of carboxylic acids is 1. The zero-order valence-electron chi connectivity index (χ0n) is 23.7. The number of nitrogens with zero attached hydrogens (tertiary/aromatic N) is 6. The van der Waals surface area contributed by atoms with Gasteiger partial charge >= 0.3 is 12.1 Å². The van der Waals surface area contributed by atoms with Gasteiger partial charge in [0.15, 0.2) is 16.8 Å². The van der Waals surface area contributed by atoms with Crippen LogP contribution in [0.4, 0.5) is 38.7 Å². The molecule has 0 bridgehead atoms. The second-order valence-corrected chi connectivity index (χ2v) is 12.1. The first-order valence-electron chi connectivity index (χ1n) is 14.0. The van der Waals surface area contributed by atoms with E-state index in [2.05, 4.69) is 32.1 Å². The van der Waals surface area contributed by atoms with Gasteiger partial charge in [0, 0.05) is 48.7 Å². The summed E-state index contributed by atoms with van der Waals surface area (Å²) in [7, 11) is 1.83. The van der Waals surface area contributed by atoms with E-state index >= 15 is 4.39 Å². The summed E-state index contributed by atoms with van der Waals surface area (Å²) in [5, 5.41) is 12.0. The number of hydrogen-bond donors (Lipinski definition) is 2. The largest absolute Gasteiger partial charge is 0.481 e. The summed E-state index contributed by atoms with van der Waals surface area (Å²) in [5.41, 5.74) is -0.940. The Kier molecular flexibility index (Phi) is 10.4. The normalized spacial score (nSPS) is 19.0. The number of thiazole rings is 1. The topological polar surface area (TPSA) is 97.7 Å². The summed E-state index contributed by atoms with van der Waals surface area (Å²) < 4.78 is 70.5. The first-order chi connectivity index (χ1) is 20.4. The molecule has 2 saturated heterocycles. The summed E-state index contributed by atoms with van der Waals surface area (Å²) in [6.07, 6.45) is -0.850. The van der Waals surface area contributed by atoms with E-state index in [-0.39, 0.29) is 54.0 Å². The number of rotatable bonds is 10. The molecule has 1 aromatic carbocycles. The van der Waals surface area contributed by atoms with Crippen LogP contribution in [0.3, 0.4) is 0 Å². The average molecular weight is 642 g/mol. The Morgan fingerprint density at radius 3 is 2.64 bits per heavy atom. The van der Waals surface area contributed by atoms with Crippen LogP contribution in [0.1, 0.15) is 50.5 Å². The van der Waals surface area contributed by atoms with Crippen molar-refractivity contribution in [3.63, 3.8) is 0 Å². The zero-order valence-corrected chi connectivity index (χ0v) is 24.5. The number of likely N-dealkylation sites (N-methyl/N-ethyl adjacent to an activating group) is 1. The van der Waals surface area contributed by atoms with Crippen molar-refractivity contribution in [2.45, 2.75) is 64.8 Å². The molecule has 0 aliphatic carbocycles. The highest BCUT2D eigenvalue weighted by Gasteiger charge is 2.33.